The van der Waals surface area contributed by atoms with Crippen LogP contribution in [0.3, 0.4) is 0 Å². The van der Waals surface area contributed by atoms with Gasteiger partial charge in [-0.05, 0) is 18.7 Å². The number of hydrogen-bond acceptors (Lipinski definition) is 6. The number of nitrogen functional groups attached to an aromatic ring is 1. The van der Waals surface area contributed by atoms with E-state index < -0.39 is 0 Å². The first-order chi connectivity index (χ1) is 7.38. The maximum Gasteiger partial charge on any atom is 0.197 e. The number of anilines is 1. The second-order valence-corrected chi connectivity index (χ2v) is 5.86. The van der Waals surface area contributed by atoms with E-state index in [-0.39, 0.29) is 0 Å². The van der Waals surface area contributed by atoms with Crippen molar-refractivity contribution in [2.75, 3.05) is 30.0 Å². The van der Waals surface area contributed by atoms with E-state index in [1.807, 2.05) is 6.20 Å². The van der Waals surface area contributed by atoms with Gasteiger partial charge in [0.05, 0.1) is 0 Å². The maximum atomic E-state index is 5.30. The van der Waals surface area contributed by atoms with Crippen LogP contribution in [0, 0.1) is 0 Å². The van der Waals surface area contributed by atoms with Crippen molar-refractivity contribution in [3.8, 4) is 0 Å². The zero-order valence-electron chi connectivity index (χ0n) is 8.61. The van der Waals surface area contributed by atoms with Crippen LogP contribution in [0.15, 0.2) is 6.20 Å². The Hall–Kier alpha value is -0.300. The standard InChI is InChI=1S/C9H16N4S2/c10-12-9-11-6-8(15-9)7-13-2-1-4-14-5-3-13/h6H,1-5,7,10H2,(H,11,12). The molecule has 0 spiro atoms. The van der Waals surface area contributed by atoms with Gasteiger partial charge in [0.2, 0.25) is 0 Å². The SMILES string of the molecule is NNc1ncc(CN2CCCSCC2)s1. The van der Waals surface area contributed by atoms with Crippen LogP contribution in [-0.2, 0) is 6.54 Å². The molecular formula is C9H16N4S2. The second kappa shape index (κ2) is 5.69. The minimum atomic E-state index is 0.800. The molecule has 4 nitrogen and oxygen atoms in total. The smallest absolute Gasteiger partial charge is 0.197 e. The van der Waals surface area contributed by atoms with Crippen LogP contribution in [0.25, 0.3) is 0 Å². The molecule has 1 aromatic rings. The van der Waals surface area contributed by atoms with Crippen molar-refractivity contribution in [1.82, 2.24) is 9.88 Å². The Morgan fingerprint density at radius 2 is 2.40 bits per heavy atom. The van der Waals surface area contributed by atoms with Crippen LogP contribution >= 0.6 is 23.1 Å². The molecule has 2 heterocycles. The van der Waals surface area contributed by atoms with Crippen molar-refractivity contribution in [2.45, 2.75) is 13.0 Å². The molecule has 0 radical (unpaired) electrons. The number of nitrogens with zero attached hydrogens (tertiary/aromatic N) is 2. The minimum Gasteiger partial charge on any atom is -0.300 e. The summed E-state index contributed by atoms with van der Waals surface area (Å²) in [7, 11) is 0. The number of thioether (sulfide) groups is 1. The molecule has 6 heteroatoms. The number of nitrogens with two attached hydrogens (primary N) is 1. The van der Waals surface area contributed by atoms with E-state index in [0.717, 1.165) is 11.7 Å². The lowest BCUT2D eigenvalue weighted by Crippen LogP contribution is -2.24. The molecule has 0 saturated carbocycles. The van der Waals surface area contributed by atoms with E-state index in [2.05, 4.69) is 27.1 Å². The van der Waals surface area contributed by atoms with Gasteiger partial charge in [-0.2, -0.15) is 11.8 Å². The first kappa shape index (κ1) is 11.2. The lowest BCUT2D eigenvalue weighted by molar-refractivity contribution is 0.290. The Morgan fingerprint density at radius 3 is 3.20 bits per heavy atom. The van der Waals surface area contributed by atoms with E-state index in [1.54, 1.807) is 11.3 Å². The fraction of sp³-hybridized carbons (Fsp3) is 0.667. The second-order valence-electron chi connectivity index (χ2n) is 3.52. The monoisotopic (exact) mass is 244 g/mol. The first-order valence-electron chi connectivity index (χ1n) is 5.10. The summed E-state index contributed by atoms with van der Waals surface area (Å²) in [6.07, 6.45) is 3.21. The third-order valence-corrected chi connectivity index (χ3v) is 4.33. The molecule has 1 aromatic heterocycles. The molecule has 3 N–H and O–H groups in total. The zero-order chi connectivity index (χ0) is 10.5. The molecule has 0 amide bonds. The van der Waals surface area contributed by atoms with Crippen molar-refractivity contribution < 1.29 is 0 Å². The van der Waals surface area contributed by atoms with Gasteiger partial charge in [-0.1, -0.05) is 11.3 Å². The van der Waals surface area contributed by atoms with Gasteiger partial charge in [-0.25, -0.2) is 10.8 Å². The fourth-order valence-electron chi connectivity index (χ4n) is 1.62. The van der Waals surface area contributed by atoms with E-state index in [9.17, 15) is 0 Å². The molecule has 0 aromatic carbocycles. The third-order valence-electron chi connectivity index (χ3n) is 2.37. The molecule has 0 aliphatic carbocycles. The topological polar surface area (TPSA) is 54.2 Å². The quantitative estimate of drug-likeness (QED) is 0.621. The maximum absolute atomic E-state index is 5.30. The Kier molecular flexibility index (Phi) is 4.25. The summed E-state index contributed by atoms with van der Waals surface area (Å²) < 4.78 is 0. The summed E-state index contributed by atoms with van der Waals surface area (Å²) in [6, 6.07) is 0. The largest absolute Gasteiger partial charge is 0.300 e. The van der Waals surface area contributed by atoms with E-state index >= 15 is 0 Å². The molecule has 1 aliphatic rings. The van der Waals surface area contributed by atoms with Crippen molar-refractivity contribution in [2.24, 2.45) is 5.84 Å². The van der Waals surface area contributed by atoms with E-state index in [0.29, 0.717) is 0 Å². The molecule has 2 rings (SSSR count). The van der Waals surface area contributed by atoms with Gasteiger partial charge in [0.1, 0.15) is 0 Å². The number of thiazole rings is 1. The Bertz CT molecular complexity index is 294. The Morgan fingerprint density at radius 1 is 1.47 bits per heavy atom. The van der Waals surface area contributed by atoms with Crippen molar-refractivity contribution in [1.29, 1.82) is 0 Å². The van der Waals surface area contributed by atoms with Crippen molar-refractivity contribution in [3.63, 3.8) is 0 Å². The molecular weight excluding hydrogens is 228 g/mol. The zero-order valence-corrected chi connectivity index (χ0v) is 10.2. The van der Waals surface area contributed by atoms with Crippen LogP contribution < -0.4 is 11.3 Å². The summed E-state index contributed by atoms with van der Waals surface area (Å²) in [5.41, 5.74) is 2.58. The number of aromatic nitrogens is 1. The summed E-state index contributed by atoms with van der Waals surface area (Å²) in [5.74, 6) is 7.85. The molecule has 0 unspecified atom stereocenters. The van der Waals surface area contributed by atoms with Gasteiger partial charge < -0.3 is 0 Å². The average Bonchev–Trinajstić information content (AvgIpc) is 2.54. The van der Waals surface area contributed by atoms with Gasteiger partial charge in [0, 0.05) is 29.9 Å². The summed E-state index contributed by atoms with van der Waals surface area (Å²) >= 11 is 3.69. The van der Waals surface area contributed by atoms with Crippen LogP contribution in [0.4, 0.5) is 5.13 Å². The minimum absolute atomic E-state index is 0.800. The van der Waals surface area contributed by atoms with E-state index in [1.165, 1.54) is 35.9 Å². The fourth-order valence-corrected chi connectivity index (χ4v) is 3.31. The molecule has 0 atom stereocenters. The van der Waals surface area contributed by atoms with E-state index in [4.69, 9.17) is 5.84 Å². The molecule has 84 valence electrons. The van der Waals surface area contributed by atoms with Crippen LogP contribution in [-0.4, -0.2) is 34.5 Å². The van der Waals surface area contributed by atoms with Gasteiger partial charge in [0.15, 0.2) is 5.13 Å². The van der Waals surface area contributed by atoms with Crippen molar-refractivity contribution >= 4 is 28.2 Å². The number of rotatable bonds is 3. The highest BCUT2D eigenvalue weighted by molar-refractivity contribution is 7.99. The molecule has 0 bridgehead atoms. The highest BCUT2D eigenvalue weighted by Gasteiger charge is 2.11. The van der Waals surface area contributed by atoms with Crippen LogP contribution in [0.5, 0.6) is 0 Å². The summed E-state index contributed by atoms with van der Waals surface area (Å²) in [6.45, 7) is 3.41. The third kappa shape index (κ3) is 3.34. The number of hydrazine groups is 1. The molecule has 15 heavy (non-hydrogen) atoms. The summed E-state index contributed by atoms with van der Waals surface area (Å²) in [5, 5.41) is 0.800. The van der Waals surface area contributed by atoms with Crippen LogP contribution in [0.1, 0.15) is 11.3 Å². The highest BCUT2D eigenvalue weighted by atomic mass is 32.2. The Balaban J connectivity index is 1.89. The van der Waals surface area contributed by atoms with Gasteiger partial charge in [-0.15, -0.1) is 0 Å². The normalized spacial score (nSPS) is 18.7. The lowest BCUT2D eigenvalue weighted by Gasteiger charge is -2.17. The molecule has 1 aliphatic heterocycles. The number of nitrogens with one attached hydrogen (secondary N) is 1. The Labute approximate surface area is 98.2 Å². The van der Waals surface area contributed by atoms with Gasteiger partial charge in [-0.3, -0.25) is 10.3 Å². The van der Waals surface area contributed by atoms with Crippen LogP contribution in [0.2, 0.25) is 0 Å². The van der Waals surface area contributed by atoms with Gasteiger partial charge in [0.25, 0.3) is 0 Å². The highest BCUT2D eigenvalue weighted by Crippen LogP contribution is 2.20. The van der Waals surface area contributed by atoms with Gasteiger partial charge >= 0.3 is 0 Å². The molecule has 1 saturated heterocycles. The lowest BCUT2D eigenvalue weighted by atomic mass is 10.4. The average molecular weight is 244 g/mol. The van der Waals surface area contributed by atoms with Crippen molar-refractivity contribution in [3.05, 3.63) is 11.1 Å². The number of hydrogen-bond donors (Lipinski definition) is 2. The first-order valence-corrected chi connectivity index (χ1v) is 7.07. The predicted octanol–water partition coefficient (Wildman–Crippen LogP) is 1.37. The molecule has 1 fully saturated rings. The summed E-state index contributed by atoms with van der Waals surface area (Å²) in [4.78, 5) is 7.95. The predicted molar refractivity (Wildman–Crippen MR) is 67.1 cm³/mol.